The first kappa shape index (κ1) is 8.96. The van der Waals surface area contributed by atoms with E-state index in [1.54, 1.807) is 30.4 Å². The highest BCUT2D eigenvalue weighted by Gasteiger charge is 2.15. The molecule has 0 saturated carbocycles. The van der Waals surface area contributed by atoms with Crippen LogP contribution in [0.3, 0.4) is 0 Å². The van der Waals surface area contributed by atoms with Crippen molar-refractivity contribution in [2.45, 2.75) is 0 Å². The minimum absolute atomic E-state index is 0.0397. The van der Waals surface area contributed by atoms with Crippen LogP contribution in [-0.4, -0.2) is 5.71 Å². The van der Waals surface area contributed by atoms with Gasteiger partial charge in [-0.3, -0.25) is 5.41 Å². The van der Waals surface area contributed by atoms with Gasteiger partial charge in [-0.15, -0.1) is 0 Å². The van der Waals surface area contributed by atoms with Gasteiger partial charge in [0.05, 0.1) is 12.0 Å². The molecule has 0 saturated heterocycles. The topological polar surface area (TPSA) is 71.4 Å². The Hall–Kier alpha value is -2.13. The van der Waals surface area contributed by atoms with Crippen LogP contribution >= 0.6 is 0 Å². The summed E-state index contributed by atoms with van der Waals surface area (Å²) in [5.41, 5.74) is 0.652. The fourth-order valence-electron chi connectivity index (χ4n) is 1.10. The molecule has 0 aliphatic heterocycles. The van der Waals surface area contributed by atoms with Crippen LogP contribution in [-0.2, 0) is 0 Å². The predicted octanol–water partition coefficient (Wildman–Crippen LogP) is 1.72. The Morgan fingerprint density at radius 3 is 2.85 bits per heavy atom. The third kappa shape index (κ3) is 1.91. The lowest BCUT2D eigenvalue weighted by molar-refractivity contribution is 1.05. The molecule has 3 heteroatoms. The van der Waals surface area contributed by atoms with Crippen LogP contribution in [0.2, 0.25) is 0 Å². The van der Waals surface area contributed by atoms with E-state index in [2.05, 4.69) is 0 Å². The smallest absolute Gasteiger partial charge is 0.120 e. The minimum atomic E-state index is -0.352. The second kappa shape index (κ2) is 4.04. The van der Waals surface area contributed by atoms with Crippen LogP contribution in [0.15, 0.2) is 36.0 Å². The molecule has 0 aromatic carbocycles. The molecule has 0 aromatic heterocycles. The molecule has 1 aliphatic carbocycles. The second-order valence-corrected chi connectivity index (χ2v) is 2.52. The molecule has 0 spiro atoms. The van der Waals surface area contributed by atoms with Crippen molar-refractivity contribution in [3.63, 3.8) is 0 Å². The molecule has 0 amide bonds. The summed E-state index contributed by atoms with van der Waals surface area (Å²) in [4.78, 5) is 0. The molecule has 1 N–H and O–H groups in total. The molecule has 1 atom stereocenters. The maximum atomic E-state index is 8.53. The maximum Gasteiger partial charge on any atom is 0.120 e. The number of nitrogens with zero attached hydrogens (tertiary/aromatic N) is 2. The summed E-state index contributed by atoms with van der Waals surface area (Å²) in [5, 5.41) is 24.3. The fourth-order valence-corrected chi connectivity index (χ4v) is 1.10. The van der Waals surface area contributed by atoms with E-state index in [0.29, 0.717) is 5.57 Å². The Morgan fingerprint density at radius 2 is 2.23 bits per heavy atom. The average molecular weight is 169 g/mol. The fraction of sp³-hybridized carbons (Fsp3) is 0.100. The molecular formula is C10H7N3. The van der Waals surface area contributed by atoms with Gasteiger partial charge in [0.15, 0.2) is 0 Å². The Kier molecular flexibility index (Phi) is 2.78. The zero-order valence-electron chi connectivity index (χ0n) is 6.86. The van der Waals surface area contributed by atoms with Crippen LogP contribution in [0, 0.1) is 34.0 Å². The SMILES string of the molecule is N#CC=C1C=CC=CC1C(=N)C#N. The summed E-state index contributed by atoms with van der Waals surface area (Å²) in [5.74, 6) is -0.352. The van der Waals surface area contributed by atoms with Gasteiger partial charge in [-0.25, -0.2) is 0 Å². The monoisotopic (exact) mass is 169 g/mol. The van der Waals surface area contributed by atoms with Crippen molar-refractivity contribution < 1.29 is 0 Å². The van der Waals surface area contributed by atoms with Gasteiger partial charge in [0.2, 0.25) is 0 Å². The predicted molar refractivity (Wildman–Crippen MR) is 48.8 cm³/mol. The van der Waals surface area contributed by atoms with Gasteiger partial charge in [0.25, 0.3) is 0 Å². The van der Waals surface area contributed by atoms with Crippen molar-refractivity contribution >= 4 is 5.71 Å². The summed E-state index contributed by atoms with van der Waals surface area (Å²) < 4.78 is 0. The number of nitrogens with one attached hydrogen (secondary N) is 1. The van der Waals surface area contributed by atoms with Gasteiger partial charge in [0.1, 0.15) is 11.8 Å². The van der Waals surface area contributed by atoms with Crippen LogP contribution < -0.4 is 0 Å². The van der Waals surface area contributed by atoms with E-state index in [9.17, 15) is 0 Å². The molecule has 0 fully saturated rings. The van der Waals surface area contributed by atoms with E-state index in [4.69, 9.17) is 15.9 Å². The first-order valence-corrected chi connectivity index (χ1v) is 3.72. The number of hydrogen-bond acceptors (Lipinski definition) is 3. The molecule has 3 nitrogen and oxygen atoms in total. The van der Waals surface area contributed by atoms with E-state index in [1.807, 2.05) is 6.07 Å². The molecule has 1 unspecified atom stereocenters. The standard InChI is InChI=1S/C10H7N3/c11-6-5-8-3-1-2-4-9(8)10(13)7-12/h1-5,9,13H. The van der Waals surface area contributed by atoms with E-state index in [-0.39, 0.29) is 11.6 Å². The molecule has 0 heterocycles. The highest BCUT2D eigenvalue weighted by Crippen LogP contribution is 2.19. The van der Waals surface area contributed by atoms with Crippen molar-refractivity contribution in [1.29, 1.82) is 15.9 Å². The Labute approximate surface area is 76.4 Å². The van der Waals surface area contributed by atoms with Crippen molar-refractivity contribution in [3.05, 3.63) is 36.0 Å². The molecular weight excluding hydrogens is 162 g/mol. The van der Waals surface area contributed by atoms with Crippen LogP contribution in [0.5, 0.6) is 0 Å². The molecule has 13 heavy (non-hydrogen) atoms. The lowest BCUT2D eigenvalue weighted by Crippen LogP contribution is -2.12. The average Bonchev–Trinajstić information content (AvgIpc) is 2.18. The summed E-state index contributed by atoms with van der Waals surface area (Å²) in [6, 6.07) is 3.66. The number of hydrogen-bond donors (Lipinski definition) is 1. The highest BCUT2D eigenvalue weighted by molar-refractivity contribution is 6.01. The third-order valence-electron chi connectivity index (χ3n) is 1.73. The Morgan fingerprint density at radius 1 is 1.46 bits per heavy atom. The first-order valence-electron chi connectivity index (χ1n) is 3.72. The number of rotatable bonds is 1. The van der Waals surface area contributed by atoms with Gasteiger partial charge in [-0.05, 0) is 5.57 Å². The zero-order valence-corrected chi connectivity index (χ0v) is 6.86. The Balaban J connectivity index is 2.99. The maximum absolute atomic E-state index is 8.53. The van der Waals surface area contributed by atoms with E-state index >= 15 is 0 Å². The summed E-state index contributed by atoms with van der Waals surface area (Å²) >= 11 is 0. The second-order valence-electron chi connectivity index (χ2n) is 2.52. The quantitative estimate of drug-likeness (QED) is 0.479. The van der Waals surface area contributed by atoms with Crippen LogP contribution in [0.1, 0.15) is 0 Å². The van der Waals surface area contributed by atoms with Gasteiger partial charge in [-0.2, -0.15) is 10.5 Å². The van der Waals surface area contributed by atoms with Crippen molar-refractivity contribution in [3.8, 4) is 12.1 Å². The summed E-state index contributed by atoms with van der Waals surface area (Å²) in [7, 11) is 0. The van der Waals surface area contributed by atoms with Crippen molar-refractivity contribution in [2.24, 2.45) is 5.92 Å². The molecule has 0 radical (unpaired) electrons. The lowest BCUT2D eigenvalue weighted by Gasteiger charge is -2.12. The molecule has 0 bridgehead atoms. The zero-order chi connectivity index (χ0) is 9.68. The van der Waals surface area contributed by atoms with Crippen molar-refractivity contribution in [2.75, 3.05) is 0 Å². The van der Waals surface area contributed by atoms with Crippen molar-refractivity contribution in [1.82, 2.24) is 0 Å². The number of allylic oxidation sites excluding steroid dienone is 6. The van der Waals surface area contributed by atoms with Gasteiger partial charge in [-0.1, -0.05) is 24.3 Å². The minimum Gasteiger partial charge on any atom is -0.293 e. The highest BCUT2D eigenvalue weighted by atomic mass is 14.5. The third-order valence-corrected chi connectivity index (χ3v) is 1.73. The van der Waals surface area contributed by atoms with Gasteiger partial charge >= 0.3 is 0 Å². The van der Waals surface area contributed by atoms with Gasteiger partial charge in [0, 0.05) is 6.08 Å². The molecule has 1 aliphatic rings. The largest absolute Gasteiger partial charge is 0.293 e. The lowest BCUT2D eigenvalue weighted by atomic mass is 9.90. The first-order chi connectivity index (χ1) is 6.29. The molecule has 62 valence electrons. The normalized spacial score (nSPS) is 22.3. The number of nitriles is 2. The Bertz CT molecular complexity index is 385. The molecule has 0 aromatic rings. The van der Waals surface area contributed by atoms with E-state index in [1.165, 1.54) is 6.08 Å². The summed E-state index contributed by atoms with van der Waals surface area (Å²) in [6.45, 7) is 0. The van der Waals surface area contributed by atoms with Gasteiger partial charge < -0.3 is 0 Å². The van der Waals surface area contributed by atoms with Crippen LogP contribution in [0.25, 0.3) is 0 Å². The molecule has 1 rings (SSSR count). The van der Waals surface area contributed by atoms with E-state index < -0.39 is 0 Å². The van der Waals surface area contributed by atoms with Crippen LogP contribution in [0.4, 0.5) is 0 Å². The summed E-state index contributed by atoms with van der Waals surface area (Å²) in [6.07, 6.45) is 8.38. The van der Waals surface area contributed by atoms with E-state index in [0.717, 1.165) is 0 Å².